The summed E-state index contributed by atoms with van der Waals surface area (Å²) in [6, 6.07) is 17.0. The minimum atomic E-state index is -0.111. The fourth-order valence-electron chi connectivity index (χ4n) is 2.44. The number of fused-ring (bicyclic) bond motifs is 1. The maximum absolute atomic E-state index is 11.0. The maximum Gasteiger partial charge on any atom is 0.231 e. The van der Waals surface area contributed by atoms with Gasteiger partial charge in [-0.25, -0.2) is 4.98 Å². The van der Waals surface area contributed by atoms with Crippen LogP contribution in [0.4, 0.5) is 27.2 Å². The van der Waals surface area contributed by atoms with Gasteiger partial charge in [0.05, 0.1) is 16.1 Å². The molecule has 2 aromatic heterocycles. The number of aromatic nitrogens is 1. The number of aryl methyl sites for hydroxylation is 1. The standard InChI is InChI=1S/C20H16N6OS2/c1-12-3-5-15(6-4-12)23-25-18-11-17-19(29-18)22-20(28-17)26-24-16-9-7-14(8-10-16)21-13(2)27/h3-11H,1-2H3,(H,21,27)/b25-23+,26-24+. The zero-order valence-electron chi connectivity index (χ0n) is 15.7. The highest BCUT2D eigenvalue weighted by Gasteiger charge is 2.08. The maximum atomic E-state index is 11.0. The molecule has 0 unspecified atom stereocenters. The molecule has 1 N–H and O–H groups in total. The van der Waals surface area contributed by atoms with Crippen LogP contribution in [0.25, 0.3) is 9.53 Å². The molecular formula is C20H16N6OS2. The number of carbonyl (C=O) groups is 1. The first-order valence-corrected chi connectivity index (χ1v) is 10.4. The van der Waals surface area contributed by atoms with Crippen molar-refractivity contribution in [3.63, 3.8) is 0 Å². The summed E-state index contributed by atoms with van der Waals surface area (Å²) >= 11 is 2.92. The number of carbonyl (C=O) groups excluding carboxylic acids is 1. The fourth-order valence-corrected chi connectivity index (χ4v) is 4.29. The summed E-state index contributed by atoms with van der Waals surface area (Å²) < 4.78 is 1.00. The molecule has 0 radical (unpaired) electrons. The summed E-state index contributed by atoms with van der Waals surface area (Å²) in [4.78, 5) is 16.4. The lowest BCUT2D eigenvalue weighted by atomic mass is 10.2. The molecular weight excluding hydrogens is 404 g/mol. The van der Waals surface area contributed by atoms with E-state index in [1.807, 2.05) is 37.3 Å². The Morgan fingerprint density at radius 2 is 1.55 bits per heavy atom. The van der Waals surface area contributed by atoms with E-state index in [9.17, 15) is 4.79 Å². The molecule has 29 heavy (non-hydrogen) atoms. The van der Waals surface area contributed by atoms with Crippen molar-refractivity contribution in [1.29, 1.82) is 0 Å². The van der Waals surface area contributed by atoms with E-state index < -0.39 is 0 Å². The lowest BCUT2D eigenvalue weighted by Crippen LogP contribution is -2.04. The third-order valence-electron chi connectivity index (χ3n) is 3.80. The van der Waals surface area contributed by atoms with Crippen LogP contribution in [0.3, 0.4) is 0 Å². The molecule has 0 saturated heterocycles. The topological polar surface area (TPSA) is 91.4 Å². The molecule has 144 valence electrons. The van der Waals surface area contributed by atoms with Crippen LogP contribution in [0.1, 0.15) is 12.5 Å². The van der Waals surface area contributed by atoms with Gasteiger partial charge in [-0.2, -0.15) is 0 Å². The fraction of sp³-hybridized carbons (Fsp3) is 0.100. The number of thiazole rings is 1. The van der Waals surface area contributed by atoms with Crippen molar-refractivity contribution in [2.24, 2.45) is 20.5 Å². The summed E-state index contributed by atoms with van der Waals surface area (Å²) in [5.41, 5.74) is 3.42. The van der Waals surface area contributed by atoms with Crippen molar-refractivity contribution in [2.75, 3.05) is 5.32 Å². The van der Waals surface area contributed by atoms with Gasteiger partial charge in [-0.3, -0.25) is 4.79 Å². The van der Waals surface area contributed by atoms with E-state index in [2.05, 4.69) is 30.8 Å². The Bertz CT molecular complexity index is 1170. The largest absolute Gasteiger partial charge is 0.326 e. The van der Waals surface area contributed by atoms with Crippen LogP contribution in [0.15, 0.2) is 75.1 Å². The van der Waals surface area contributed by atoms with Crippen molar-refractivity contribution in [3.8, 4) is 0 Å². The van der Waals surface area contributed by atoms with Gasteiger partial charge in [0, 0.05) is 12.6 Å². The number of hydrogen-bond acceptors (Lipinski definition) is 8. The molecule has 0 spiro atoms. The van der Waals surface area contributed by atoms with Crippen molar-refractivity contribution in [1.82, 2.24) is 4.98 Å². The van der Waals surface area contributed by atoms with E-state index in [0.717, 1.165) is 25.9 Å². The van der Waals surface area contributed by atoms with Gasteiger partial charge >= 0.3 is 0 Å². The highest BCUT2D eigenvalue weighted by molar-refractivity contribution is 7.30. The van der Waals surface area contributed by atoms with E-state index in [-0.39, 0.29) is 5.91 Å². The molecule has 0 aliphatic carbocycles. The molecule has 9 heteroatoms. The van der Waals surface area contributed by atoms with Crippen molar-refractivity contribution >= 4 is 65.3 Å². The van der Waals surface area contributed by atoms with Gasteiger partial charge in [0.1, 0.15) is 9.83 Å². The number of nitrogens with one attached hydrogen (secondary N) is 1. The molecule has 1 amide bonds. The van der Waals surface area contributed by atoms with Gasteiger partial charge in [0.15, 0.2) is 0 Å². The second-order valence-corrected chi connectivity index (χ2v) is 8.23. The highest BCUT2D eigenvalue weighted by Crippen LogP contribution is 2.39. The zero-order valence-corrected chi connectivity index (χ0v) is 17.3. The molecule has 0 aliphatic heterocycles. The average molecular weight is 421 g/mol. The molecule has 0 saturated carbocycles. The van der Waals surface area contributed by atoms with E-state index in [0.29, 0.717) is 10.8 Å². The number of benzene rings is 2. The lowest BCUT2D eigenvalue weighted by Gasteiger charge is -2.00. The predicted molar refractivity (Wildman–Crippen MR) is 118 cm³/mol. The zero-order chi connectivity index (χ0) is 20.2. The monoisotopic (exact) mass is 420 g/mol. The summed E-state index contributed by atoms with van der Waals surface area (Å²) in [7, 11) is 0. The van der Waals surface area contributed by atoms with Crippen LogP contribution < -0.4 is 5.32 Å². The molecule has 0 atom stereocenters. The first kappa shape index (κ1) is 19.0. The third kappa shape index (κ3) is 4.95. The Morgan fingerprint density at radius 1 is 0.897 bits per heavy atom. The Labute approximate surface area is 174 Å². The molecule has 2 aromatic carbocycles. The first-order chi connectivity index (χ1) is 14.0. The number of rotatable bonds is 5. The SMILES string of the molecule is CC(=O)Nc1ccc(/N=N/c2nc3sc(/N=N/c4ccc(C)cc4)cc3s2)cc1. The first-order valence-electron chi connectivity index (χ1n) is 8.73. The molecule has 4 rings (SSSR count). The van der Waals surface area contributed by atoms with Crippen LogP contribution in [0, 0.1) is 6.92 Å². The number of hydrogen-bond donors (Lipinski definition) is 1. The summed E-state index contributed by atoms with van der Waals surface area (Å²) in [5, 5.41) is 21.1. The minimum absolute atomic E-state index is 0.111. The lowest BCUT2D eigenvalue weighted by molar-refractivity contribution is -0.114. The predicted octanol–water partition coefficient (Wildman–Crippen LogP) is 7.46. The Hall–Kier alpha value is -3.30. The van der Waals surface area contributed by atoms with E-state index in [4.69, 9.17) is 0 Å². The molecule has 2 heterocycles. The van der Waals surface area contributed by atoms with E-state index in [1.54, 1.807) is 24.3 Å². The Balaban J connectivity index is 1.44. The Kier molecular flexibility index (Phi) is 5.50. The molecule has 4 aromatic rings. The highest BCUT2D eigenvalue weighted by atomic mass is 32.1. The van der Waals surface area contributed by atoms with Crippen LogP contribution in [-0.2, 0) is 4.79 Å². The van der Waals surface area contributed by atoms with Crippen molar-refractivity contribution in [2.45, 2.75) is 13.8 Å². The molecule has 0 bridgehead atoms. The number of nitrogens with zero attached hydrogens (tertiary/aromatic N) is 5. The third-order valence-corrected chi connectivity index (χ3v) is 5.73. The number of azo groups is 2. The van der Waals surface area contributed by atoms with Crippen molar-refractivity contribution in [3.05, 3.63) is 60.2 Å². The summed E-state index contributed by atoms with van der Waals surface area (Å²) in [6.45, 7) is 3.51. The second-order valence-electron chi connectivity index (χ2n) is 6.21. The van der Waals surface area contributed by atoms with Gasteiger partial charge in [-0.15, -0.1) is 20.5 Å². The minimum Gasteiger partial charge on any atom is -0.326 e. The van der Waals surface area contributed by atoms with Gasteiger partial charge in [-0.1, -0.05) is 40.4 Å². The van der Waals surface area contributed by atoms with Crippen LogP contribution in [-0.4, -0.2) is 10.9 Å². The van der Waals surface area contributed by atoms with Gasteiger partial charge in [0.2, 0.25) is 11.0 Å². The van der Waals surface area contributed by atoms with Crippen molar-refractivity contribution < 1.29 is 4.79 Å². The summed E-state index contributed by atoms with van der Waals surface area (Å²) in [5.74, 6) is -0.111. The van der Waals surface area contributed by atoms with Gasteiger partial charge in [-0.05, 0) is 49.4 Å². The second kappa shape index (κ2) is 8.38. The van der Waals surface area contributed by atoms with E-state index >= 15 is 0 Å². The number of anilines is 1. The van der Waals surface area contributed by atoms with E-state index in [1.165, 1.54) is 35.2 Å². The number of thiophene rings is 1. The number of amides is 1. The van der Waals surface area contributed by atoms with Crippen LogP contribution in [0.5, 0.6) is 0 Å². The molecule has 0 fully saturated rings. The van der Waals surface area contributed by atoms with Crippen LogP contribution in [0.2, 0.25) is 0 Å². The smallest absolute Gasteiger partial charge is 0.231 e. The van der Waals surface area contributed by atoms with Crippen LogP contribution >= 0.6 is 22.7 Å². The average Bonchev–Trinajstić information content (AvgIpc) is 3.25. The Morgan fingerprint density at radius 3 is 2.21 bits per heavy atom. The normalized spacial score (nSPS) is 11.7. The molecule has 7 nitrogen and oxygen atoms in total. The molecule has 0 aliphatic rings. The van der Waals surface area contributed by atoms with Gasteiger partial charge < -0.3 is 5.32 Å². The van der Waals surface area contributed by atoms with Gasteiger partial charge in [0.25, 0.3) is 0 Å². The quantitative estimate of drug-likeness (QED) is 0.339. The summed E-state index contributed by atoms with van der Waals surface area (Å²) in [6.07, 6.45) is 0.